The highest BCUT2D eigenvalue weighted by Crippen LogP contribution is 2.37. The Morgan fingerprint density at radius 1 is 1.50 bits per heavy atom. The second-order valence-corrected chi connectivity index (χ2v) is 6.81. The molecule has 1 rings (SSSR count). The first-order valence-electron chi connectivity index (χ1n) is 6.78. The van der Waals surface area contributed by atoms with Crippen LogP contribution in [0.15, 0.2) is 12.7 Å². The van der Waals surface area contributed by atoms with Gasteiger partial charge in [-0.15, -0.1) is 6.58 Å². The van der Waals surface area contributed by atoms with E-state index < -0.39 is 5.60 Å². The lowest BCUT2D eigenvalue weighted by Gasteiger charge is -2.46. The third kappa shape index (κ3) is 3.76. The molecule has 1 atom stereocenters. The molecule has 0 bridgehead atoms. The van der Waals surface area contributed by atoms with Gasteiger partial charge in [-0.3, -0.25) is 0 Å². The van der Waals surface area contributed by atoms with Crippen LogP contribution in [0.4, 0.5) is 4.79 Å². The molecule has 1 fully saturated rings. The summed E-state index contributed by atoms with van der Waals surface area (Å²) in [5.41, 5.74) is -0.305. The number of ether oxygens (including phenoxy) is 1. The van der Waals surface area contributed by atoms with Crippen molar-refractivity contribution in [3.8, 4) is 0 Å². The summed E-state index contributed by atoms with van der Waals surface area (Å²) in [6.45, 7) is 14.8. The highest BCUT2D eigenvalue weighted by atomic mass is 16.6. The topological polar surface area (TPSA) is 29.5 Å². The summed E-state index contributed by atoms with van der Waals surface area (Å²) in [6.07, 6.45) is 4.72. The second kappa shape index (κ2) is 5.33. The molecule has 0 spiro atoms. The molecule has 1 amide bonds. The Kier molecular flexibility index (Phi) is 4.46. The van der Waals surface area contributed by atoms with Gasteiger partial charge in [0.25, 0.3) is 0 Å². The number of likely N-dealkylation sites (tertiary alicyclic amines) is 1. The average Bonchev–Trinajstić information content (AvgIpc) is 2.18. The molecule has 0 aromatic rings. The summed E-state index contributed by atoms with van der Waals surface area (Å²) in [6, 6.07) is 0.193. The molecule has 0 N–H and O–H groups in total. The molecule has 1 aliphatic heterocycles. The van der Waals surface area contributed by atoms with E-state index in [2.05, 4.69) is 20.4 Å². The Balaban J connectivity index is 2.83. The van der Waals surface area contributed by atoms with Crippen LogP contribution < -0.4 is 0 Å². The Labute approximate surface area is 111 Å². The normalized spacial score (nSPS) is 23.6. The summed E-state index contributed by atoms with van der Waals surface area (Å²) >= 11 is 0. The largest absolute Gasteiger partial charge is 0.444 e. The van der Waals surface area contributed by atoms with Crippen LogP contribution in [-0.2, 0) is 4.74 Å². The summed E-state index contributed by atoms with van der Waals surface area (Å²) in [5, 5.41) is 0. The van der Waals surface area contributed by atoms with E-state index in [1.54, 1.807) is 0 Å². The van der Waals surface area contributed by atoms with E-state index in [1.165, 1.54) is 0 Å². The molecule has 18 heavy (non-hydrogen) atoms. The lowest BCUT2D eigenvalue weighted by atomic mass is 9.75. The maximum Gasteiger partial charge on any atom is 0.410 e. The van der Waals surface area contributed by atoms with E-state index in [4.69, 9.17) is 4.74 Å². The maximum absolute atomic E-state index is 12.3. The molecule has 0 radical (unpaired) electrons. The number of carbonyl (C=O) groups is 1. The zero-order valence-electron chi connectivity index (χ0n) is 12.5. The van der Waals surface area contributed by atoms with Crippen LogP contribution in [0.3, 0.4) is 0 Å². The van der Waals surface area contributed by atoms with Gasteiger partial charge in [-0.1, -0.05) is 19.9 Å². The average molecular weight is 253 g/mol. The van der Waals surface area contributed by atoms with Gasteiger partial charge in [0.05, 0.1) is 0 Å². The quantitative estimate of drug-likeness (QED) is 0.696. The van der Waals surface area contributed by atoms with Gasteiger partial charge in [0.2, 0.25) is 0 Å². The Hall–Kier alpha value is -0.990. The van der Waals surface area contributed by atoms with Gasteiger partial charge in [0, 0.05) is 12.6 Å². The molecule has 1 heterocycles. The van der Waals surface area contributed by atoms with Gasteiger partial charge < -0.3 is 9.64 Å². The van der Waals surface area contributed by atoms with Gasteiger partial charge in [-0.2, -0.15) is 0 Å². The predicted octanol–water partition coefficient (Wildman–Crippen LogP) is 3.99. The maximum atomic E-state index is 12.3. The first-order chi connectivity index (χ1) is 8.17. The predicted molar refractivity (Wildman–Crippen MR) is 74.6 cm³/mol. The molecule has 0 aromatic heterocycles. The second-order valence-electron chi connectivity index (χ2n) is 6.81. The molecule has 104 valence electrons. The molecular weight excluding hydrogens is 226 g/mol. The lowest BCUT2D eigenvalue weighted by molar-refractivity contribution is -0.0147. The minimum absolute atomic E-state index is 0.128. The van der Waals surface area contributed by atoms with Crippen LogP contribution >= 0.6 is 0 Å². The smallest absolute Gasteiger partial charge is 0.410 e. The summed E-state index contributed by atoms with van der Waals surface area (Å²) in [7, 11) is 0. The van der Waals surface area contributed by atoms with Crippen LogP contribution in [0.2, 0.25) is 0 Å². The van der Waals surface area contributed by atoms with Crippen molar-refractivity contribution in [1.29, 1.82) is 0 Å². The number of nitrogens with zero attached hydrogens (tertiary/aromatic N) is 1. The van der Waals surface area contributed by atoms with E-state index in [-0.39, 0.29) is 17.6 Å². The summed E-state index contributed by atoms with van der Waals surface area (Å²) in [5.74, 6) is 0. The number of carbonyl (C=O) groups excluding carboxylic acids is 1. The van der Waals surface area contributed by atoms with Gasteiger partial charge in [0.1, 0.15) is 5.60 Å². The Morgan fingerprint density at radius 3 is 2.61 bits per heavy atom. The third-order valence-corrected chi connectivity index (χ3v) is 3.52. The van der Waals surface area contributed by atoms with Crippen molar-refractivity contribution in [2.24, 2.45) is 5.41 Å². The fraction of sp³-hybridized carbons (Fsp3) is 0.800. The molecule has 3 heteroatoms. The van der Waals surface area contributed by atoms with E-state index in [0.717, 1.165) is 25.8 Å². The van der Waals surface area contributed by atoms with Gasteiger partial charge in [-0.05, 0) is 45.4 Å². The van der Waals surface area contributed by atoms with Crippen LogP contribution in [-0.4, -0.2) is 29.2 Å². The van der Waals surface area contributed by atoms with Crippen LogP contribution in [0, 0.1) is 5.41 Å². The minimum atomic E-state index is -0.433. The third-order valence-electron chi connectivity index (χ3n) is 3.52. The van der Waals surface area contributed by atoms with Gasteiger partial charge >= 0.3 is 6.09 Å². The fourth-order valence-corrected chi connectivity index (χ4v) is 2.59. The van der Waals surface area contributed by atoms with Crippen LogP contribution in [0.1, 0.15) is 53.9 Å². The highest BCUT2D eigenvalue weighted by molar-refractivity contribution is 5.69. The first kappa shape index (κ1) is 15.1. The molecule has 1 saturated heterocycles. The van der Waals surface area contributed by atoms with E-state index in [9.17, 15) is 4.79 Å². The zero-order chi connectivity index (χ0) is 14.0. The van der Waals surface area contributed by atoms with Gasteiger partial charge in [0.15, 0.2) is 0 Å². The van der Waals surface area contributed by atoms with Crippen LogP contribution in [0.25, 0.3) is 0 Å². The van der Waals surface area contributed by atoms with Crippen molar-refractivity contribution in [1.82, 2.24) is 4.90 Å². The van der Waals surface area contributed by atoms with Gasteiger partial charge in [-0.25, -0.2) is 4.79 Å². The van der Waals surface area contributed by atoms with Crippen molar-refractivity contribution in [3.63, 3.8) is 0 Å². The molecule has 1 unspecified atom stereocenters. The van der Waals surface area contributed by atoms with Crippen molar-refractivity contribution < 1.29 is 9.53 Å². The first-order valence-corrected chi connectivity index (χ1v) is 6.78. The molecule has 0 saturated carbocycles. The molecule has 3 nitrogen and oxygen atoms in total. The standard InChI is InChI=1S/C15H27NO2/c1-7-9-12-15(5,6)10-8-11-16(12)13(17)18-14(2,3)4/h7,12H,1,8-11H2,2-6H3. The SMILES string of the molecule is C=CCC1N(C(=O)OC(C)(C)C)CCCC1(C)C. The monoisotopic (exact) mass is 253 g/mol. The number of amides is 1. The summed E-state index contributed by atoms with van der Waals surface area (Å²) < 4.78 is 5.50. The molecule has 0 aromatic carbocycles. The highest BCUT2D eigenvalue weighted by Gasteiger charge is 2.40. The zero-order valence-corrected chi connectivity index (χ0v) is 12.5. The lowest BCUT2D eigenvalue weighted by Crippen LogP contribution is -2.53. The number of piperidine rings is 1. The number of hydrogen-bond donors (Lipinski definition) is 0. The molecule has 1 aliphatic rings. The number of rotatable bonds is 2. The van der Waals surface area contributed by atoms with Crippen molar-refractivity contribution in [3.05, 3.63) is 12.7 Å². The Morgan fingerprint density at radius 2 is 2.11 bits per heavy atom. The van der Waals surface area contributed by atoms with E-state index >= 15 is 0 Å². The summed E-state index contributed by atoms with van der Waals surface area (Å²) in [4.78, 5) is 14.1. The molecular formula is C15H27NO2. The van der Waals surface area contributed by atoms with E-state index in [1.807, 2.05) is 31.7 Å². The fourth-order valence-electron chi connectivity index (χ4n) is 2.59. The van der Waals surface area contributed by atoms with Crippen molar-refractivity contribution >= 4 is 6.09 Å². The van der Waals surface area contributed by atoms with Crippen LogP contribution in [0.5, 0.6) is 0 Å². The van der Waals surface area contributed by atoms with E-state index in [0.29, 0.717) is 0 Å². The minimum Gasteiger partial charge on any atom is -0.444 e. The van der Waals surface area contributed by atoms with Crippen molar-refractivity contribution in [2.45, 2.75) is 65.5 Å². The Bertz CT molecular complexity index is 315. The number of hydrogen-bond acceptors (Lipinski definition) is 2. The van der Waals surface area contributed by atoms with Crippen molar-refractivity contribution in [2.75, 3.05) is 6.54 Å². The molecule has 0 aliphatic carbocycles.